The summed E-state index contributed by atoms with van der Waals surface area (Å²) in [6, 6.07) is 11.1. The molecule has 0 saturated carbocycles. The summed E-state index contributed by atoms with van der Waals surface area (Å²) in [5.41, 5.74) is 0.957. The third kappa shape index (κ3) is 14.6. The summed E-state index contributed by atoms with van der Waals surface area (Å²) >= 11 is 0. The lowest BCUT2D eigenvalue weighted by molar-refractivity contribution is -0.385. The standard InChI is InChI=1S/C16H17NO7.C7H5NO3.C5H9NO2.C5H8O3/c1-3-23-15(19)16(20)9-12(8-14(24-16)10(2)18)11-4-6-13(7-5-11)17(21)22;9-5-6-1-3-7(4-2-6)8(10)11;7-5(8)4-1-2-6-3-4;1-3-8-5(7)4(2)6/h4-8,12,20H,3,9H2,1-2H3;1-5H;4,6H,1-3H2,(H,7,8);3H2,1-2H3/t;;4-;/m..0./s1. The Balaban J connectivity index is 0.000000395. The molecule has 2 aromatic carbocycles. The number of nitrogens with zero attached hydrogens (tertiary/aromatic N) is 2. The second-order valence-electron chi connectivity index (χ2n) is 10.6. The molecule has 276 valence electrons. The number of carboxylic acid groups (broad SMARTS) is 1. The average Bonchev–Trinajstić information content (AvgIpc) is 3.65. The smallest absolute Gasteiger partial charge is 0.379 e. The van der Waals surface area contributed by atoms with Crippen molar-refractivity contribution in [1.29, 1.82) is 0 Å². The predicted molar refractivity (Wildman–Crippen MR) is 176 cm³/mol. The first-order valence-corrected chi connectivity index (χ1v) is 15.4. The fraction of sp³-hybridized carbons (Fsp3) is 0.394. The molecule has 2 heterocycles. The van der Waals surface area contributed by atoms with Gasteiger partial charge in [-0.1, -0.05) is 12.1 Å². The molecule has 4 rings (SSSR count). The molecular weight excluding hydrogens is 678 g/mol. The van der Waals surface area contributed by atoms with E-state index in [1.165, 1.54) is 68.5 Å². The van der Waals surface area contributed by atoms with Crippen LogP contribution >= 0.6 is 0 Å². The van der Waals surface area contributed by atoms with E-state index in [0.717, 1.165) is 13.0 Å². The number of aliphatic hydroxyl groups is 1. The SMILES string of the molecule is CCOC(=O)C(C)=O.CCOC(=O)C1(O)CC(c2ccc([N+](=O)[O-])cc2)C=C(C(C)=O)O1.O=C(O)[C@H]1CCNC1.O=Cc1ccc([N+](=O)[O-])cc1. The monoisotopic (exact) mass is 717 g/mol. The van der Waals surface area contributed by atoms with Crippen LogP contribution in [0.2, 0.25) is 0 Å². The Morgan fingerprint density at radius 3 is 1.82 bits per heavy atom. The van der Waals surface area contributed by atoms with E-state index in [4.69, 9.17) is 14.6 Å². The molecule has 3 atom stereocenters. The molecule has 2 aliphatic heterocycles. The Bertz CT molecular complexity index is 1580. The summed E-state index contributed by atoms with van der Waals surface area (Å²) in [7, 11) is 0. The van der Waals surface area contributed by atoms with Gasteiger partial charge in [-0.15, -0.1) is 0 Å². The number of aldehydes is 1. The highest BCUT2D eigenvalue weighted by Gasteiger charge is 2.46. The van der Waals surface area contributed by atoms with Gasteiger partial charge in [-0.25, -0.2) is 9.59 Å². The normalized spacial score (nSPS) is 18.5. The Morgan fingerprint density at radius 2 is 1.47 bits per heavy atom. The number of hydrogen-bond acceptors (Lipinski definition) is 15. The first-order valence-electron chi connectivity index (χ1n) is 15.4. The number of carbonyl (C=O) groups is 6. The molecule has 18 heteroatoms. The molecule has 1 fully saturated rings. The number of Topliss-reactive ketones (excluding diaryl/α,β-unsaturated/α-hetero) is 2. The van der Waals surface area contributed by atoms with E-state index in [1.807, 2.05) is 0 Å². The van der Waals surface area contributed by atoms with Gasteiger partial charge in [0.2, 0.25) is 5.78 Å². The fourth-order valence-electron chi connectivity index (χ4n) is 4.19. The van der Waals surface area contributed by atoms with Crippen molar-refractivity contribution in [2.75, 3.05) is 26.3 Å². The lowest BCUT2D eigenvalue weighted by atomic mass is 9.88. The maximum Gasteiger partial charge on any atom is 0.379 e. The van der Waals surface area contributed by atoms with E-state index in [0.29, 0.717) is 24.0 Å². The maximum absolute atomic E-state index is 12.0. The number of hydrogen-bond donors (Lipinski definition) is 3. The van der Waals surface area contributed by atoms with Gasteiger partial charge in [0.15, 0.2) is 11.5 Å². The largest absolute Gasteiger partial charge is 0.481 e. The van der Waals surface area contributed by atoms with Gasteiger partial charge in [-0.2, -0.15) is 0 Å². The van der Waals surface area contributed by atoms with Crippen molar-refractivity contribution in [3.63, 3.8) is 0 Å². The molecule has 3 N–H and O–H groups in total. The number of ether oxygens (including phenoxy) is 3. The highest BCUT2D eigenvalue weighted by molar-refractivity contribution is 6.32. The second-order valence-corrected chi connectivity index (χ2v) is 10.6. The Labute approximate surface area is 291 Å². The summed E-state index contributed by atoms with van der Waals surface area (Å²) in [6.07, 6.45) is 2.75. The van der Waals surface area contributed by atoms with Crippen LogP contribution in [0.3, 0.4) is 0 Å². The first-order chi connectivity index (χ1) is 24.0. The lowest BCUT2D eigenvalue weighted by Gasteiger charge is -2.34. The zero-order valence-corrected chi connectivity index (χ0v) is 28.3. The molecule has 2 unspecified atom stereocenters. The number of ketones is 2. The van der Waals surface area contributed by atoms with Gasteiger partial charge in [0.05, 0.1) is 29.0 Å². The molecule has 51 heavy (non-hydrogen) atoms. The van der Waals surface area contributed by atoms with E-state index >= 15 is 0 Å². The Kier molecular flexibility index (Phi) is 18.0. The van der Waals surface area contributed by atoms with E-state index in [1.54, 1.807) is 13.8 Å². The number of carbonyl (C=O) groups excluding carboxylic acids is 5. The van der Waals surface area contributed by atoms with Crippen LogP contribution in [0.5, 0.6) is 0 Å². The number of aliphatic carboxylic acids is 1. The van der Waals surface area contributed by atoms with Gasteiger partial charge in [0.1, 0.15) is 6.29 Å². The topological polar surface area (TPSA) is 269 Å². The molecule has 0 aliphatic carbocycles. The van der Waals surface area contributed by atoms with E-state index < -0.39 is 51.0 Å². The molecule has 0 bridgehead atoms. The van der Waals surface area contributed by atoms with Gasteiger partial charge >= 0.3 is 23.7 Å². The summed E-state index contributed by atoms with van der Waals surface area (Å²) in [4.78, 5) is 83.9. The van der Waals surface area contributed by atoms with Gasteiger partial charge in [0.25, 0.3) is 11.4 Å². The quantitative estimate of drug-likeness (QED) is 0.105. The van der Waals surface area contributed by atoms with Gasteiger partial charge < -0.3 is 29.7 Å². The van der Waals surface area contributed by atoms with Crippen LogP contribution in [0.1, 0.15) is 62.4 Å². The van der Waals surface area contributed by atoms with Crippen LogP contribution in [0.25, 0.3) is 0 Å². The second kappa shape index (κ2) is 21.3. The average molecular weight is 718 g/mol. The molecular formula is C33H39N3O15. The number of non-ortho nitro benzene ring substituents is 2. The zero-order valence-electron chi connectivity index (χ0n) is 28.3. The van der Waals surface area contributed by atoms with Crippen LogP contribution in [-0.4, -0.2) is 87.9 Å². The van der Waals surface area contributed by atoms with Crippen LogP contribution in [0.4, 0.5) is 11.4 Å². The van der Waals surface area contributed by atoms with Crippen molar-refractivity contribution in [1.82, 2.24) is 5.32 Å². The number of benzene rings is 2. The summed E-state index contributed by atoms with van der Waals surface area (Å²) in [5.74, 6) is -6.51. The highest BCUT2D eigenvalue weighted by atomic mass is 16.7. The molecule has 2 aliphatic rings. The van der Waals surface area contributed by atoms with Crippen molar-refractivity contribution in [3.8, 4) is 0 Å². The molecule has 0 spiro atoms. The van der Waals surface area contributed by atoms with Gasteiger partial charge in [-0.3, -0.25) is 39.4 Å². The fourth-order valence-corrected chi connectivity index (χ4v) is 4.19. The summed E-state index contributed by atoms with van der Waals surface area (Å²) in [6.45, 7) is 7.48. The minimum absolute atomic E-state index is 0.00407. The molecule has 1 saturated heterocycles. The third-order valence-electron chi connectivity index (χ3n) is 6.81. The van der Waals surface area contributed by atoms with Crippen molar-refractivity contribution in [2.45, 2.75) is 52.2 Å². The maximum atomic E-state index is 12.0. The molecule has 0 radical (unpaired) electrons. The van der Waals surface area contributed by atoms with Crippen LogP contribution in [-0.2, 0) is 38.2 Å². The number of nitro benzene ring substituents is 2. The number of carboxylic acids is 1. The molecule has 0 aromatic heterocycles. The van der Waals surface area contributed by atoms with Crippen molar-refractivity contribution in [2.24, 2.45) is 5.92 Å². The number of nitrogens with one attached hydrogen (secondary N) is 1. The first kappa shape index (κ1) is 43.1. The highest BCUT2D eigenvalue weighted by Crippen LogP contribution is 2.37. The van der Waals surface area contributed by atoms with Crippen LogP contribution in [0, 0.1) is 26.1 Å². The molecule has 0 amide bonds. The van der Waals surface area contributed by atoms with Crippen LogP contribution in [0.15, 0.2) is 60.4 Å². The number of esters is 2. The zero-order chi connectivity index (χ0) is 38.7. The minimum Gasteiger partial charge on any atom is -0.481 e. The summed E-state index contributed by atoms with van der Waals surface area (Å²) in [5, 5.41) is 42.7. The van der Waals surface area contributed by atoms with Gasteiger partial charge in [-0.05, 0) is 50.6 Å². The van der Waals surface area contributed by atoms with Crippen molar-refractivity contribution >= 4 is 47.1 Å². The molecule has 18 nitrogen and oxygen atoms in total. The van der Waals surface area contributed by atoms with Crippen LogP contribution < -0.4 is 5.32 Å². The van der Waals surface area contributed by atoms with Crippen molar-refractivity contribution < 1.29 is 63.0 Å². The number of allylic oxidation sites excluding steroid dienone is 2. The number of rotatable bonds is 10. The van der Waals surface area contributed by atoms with E-state index in [-0.39, 0.29) is 42.7 Å². The Hall–Kier alpha value is -5.88. The van der Waals surface area contributed by atoms with Gasteiger partial charge in [0, 0.05) is 62.6 Å². The minimum atomic E-state index is -2.28. The predicted octanol–water partition coefficient (Wildman–Crippen LogP) is 3.05. The van der Waals surface area contributed by atoms with E-state index in [2.05, 4.69) is 10.1 Å². The number of nitro groups is 2. The van der Waals surface area contributed by atoms with E-state index in [9.17, 15) is 54.1 Å². The Morgan fingerprint density at radius 1 is 0.941 bits per heavy atom. The summed E-state index contributed by atoms with van der Waals surface area (Å²) < 4.78 is 14.3. The lowest BCUT2D eigenvalue weighted by Crippen LogP contribution is -2.46. The molecule has 2 aromatic rings. The third-order valence-corrected chi connectivity index (χ3v) is 6.81. The van der Waals surface area contributed by atoms with Crippen molar-refractivity contribution in [3.05, 3.63) is 91.7 Å².